The lowest BCUT2D eigenvalue weighted by Crippen LogP contribution is -2.17. The quantitative estimate of drug-likeness (QED) is 0.793. The van der Waals surface area contributed by atoms with E-state index in [1.165, 1.54) is 0 Å². The lowest BCUT2D eigenvalue weighted by Gasteiger charge is -2.16. The molecular formula is C17H17N3O. The van der Waals surface area contributed by atoms with Crippen LogP contribution in [0.25, 0.3) is 11.4 Å². The number of hydrogen-bond donors (Lipinski definition) is 1. The first-order valence-corrected chi connectivity index (χ1v) is 6.95. The van der Waals surface area contributed by atoms with Crippen molar-refractivity contribution in [2.45, 2.75) is 18.9 Å². The molecule has 1 heterocycles. The molecule has 0 aliphatic heterocycles. The van der Waals surface area contributed by atoms with E-state index in [9.17, 15) is 0 Å². The van der Waals surface area contributed by atoms with Crippen molar-refractivity contribution in [3.8, 4) is 11.4 Å². The van der Waals surface area contributed by atoms with Crippen molar-refractivity contribution in [1.29, 1.82) is 0 Å². The highest BCUT2D eigenvalue weighted by molar-refractivity contribution is 5.53. The molecule has 0 radical (unpaired) electrons. The minimum atomic E-state index is -0.171. The van der Waals surface area contributed by atoms with Gasteiger partial charge in [0.1, 0.15) is 0 Å². The van der Waals surface area contributed by atoms with Gasteiger partial charge in [0.2, 0.25) is 11.7 Å². The van der Waals surface area contributed by atoms with E-state index in [4.69, 9.17) is 10.3 Å². The van der Waals surface area contributed by atoms with Gasteiger partial charge in [-0.05, 0) is 5.56 Å². The first kappa shape index (κ1) is 13.5. The summed E-state index contributed by atoms with van der Waals surface area (Å²) in [7, 11) is 0. The molecule has 0 amide bonds. The minimum absolute atomic E-state index is 0.0441. The third kappa shape index (κ3) is 2.85. The van der Waals surface area contributed by atoms with Gasteiger partial charge < -0.3 is 10.3 Å². The molecule has 2 N–H and O–H groups in total. The minimum Gasteiger partial charge on any atom is -0.339 e. The van der Waals surface area contributed by atoms with E-state index < -0.39 is 0 Å². The number of nitrogens with two attached hydrogens (primary N) is 1. The molecule has 1 aromatic heterocycles. The summed E-state index contributed by atoms with van der Waals surface area (Å²) in [5.74, 6) is 1.11. The fraction of sp³-hybridized carbons (Fsp3) is 0.176. The van der Waals surface area contributed by atoms with Crippen LogP contribution >= 0.6 is 0 Å². The lowest BCUT2D eigenvalue weighted by molar-refractivity contribution is 0.344. The Morgan fingerprint density at radius 2 is 1.57 bits per heavy atom. The summed E-state index contributed by atoms with van der Waals surface area (Å²) in [4.78, 5) is 4.47. The first-order chi connectivity index (χ1) is 10.3. The van der Waals surface area contributed by atoms with E-state index >= 15 is 0 Å². The standard InChI is InChI=1S/C17H17N3O/c1-12(15(18)13-8-4-2-5-9-13)17-19-16(20-21-17)14-10-6-3-7-11-14/h2-12,15H,18H2,1H3. The zero-order valence-corrected chi connectivity index (χ0v) is 11.8. The SMILES string of the molecule is CC(c1nc(-c2ccccc2)no1)C(N)c1ccccc1. The van der Waals surface area contributed by atoms with Gasteiger partial charge in [0.05, 0.1) is 5.92 Å². The van der Waals surface area contributed by atoms with Gasteiger partial charge in [0.25, 0.3) is 0 Å². The highest BCUT2D eigenvalue weighted by Gasteiger charge is 2.22. The molecule has 0 fully saturated rings. The van der Waals surface area contributed by atoms with Crippen LogP contribution in [-0.4, -0.2) is 10.1 Å². The Bertz CT molecular complexity index is 694. The Labute approximate surface area is 123 Å². The van der Waals surface area contributed by atoms with Gasteiger partial charge in [-0.3, -0.25) is 0 Å². The van der Waals surface area contributed by atoms with Crippen LogP contribution in [0.15, 0.2) is 65.2 Å². The number of nitrogens with zero attached hydrogens (tertiary/aromatic N) is 2. The molecule has 0 aliphatic rings. The van der Waals surface area contributed by atoms with Gasteiger partial charge in [-0.25, -0.2) is 0 Å². The highest BCUT2D eigenvalue weighted by atomic mass is 16.5. The van der Waals surface area contributed by atoms with Crippen LogP contribution in [0.5, 0.6) is 0 Å². The van der Waals surface area contributed by atoms with Gasteiger partial charge in [0.15, 0.2) is 0 Å². The molecule has 21 heavy (non-hydrogen) atoms. The second-order valence-corrected chi connectivity index (χ2v) is 5.05. The van der Waals surface area contributed by atoms with E-state index in [0.717, 1.165) is 11.1 Å². The average Bonchev–Trinajstić information content (AvgIpc) is 3.05. The maximum atomic E-state index is 6.29. The third-order valence-corrected chi connectivity index (χ3v) is 3.59. The van der Waals surface area contributed by atoms with E-state index in [1.54, 1.807) is 0 Å². The molecule has 3 aromatic rings. The Balaban J connectivity index is 1.83. The number of hydrogen-bond acceptors (Lipinski definition) is 4. The highest BCUT2D eigenvalue weighted by Crippen LogP contribution is 2.28. The van der Waals surface area contributed by atoms with Crippen LogP contribution < -0.4 is 5.73 Å². The summed E-state index contributed by atoms with van der Waals surface area (Å²) in [6, 6.07) is 19.5. The van der Waals surface area contributed by atoms with Crippen molar-refractivity contribution in [3.05, 3.63) is 72.1 Å². The smallest absolute Gasteiger partial charge is 0.231 e. The Morgan fingerprint density at radius 3 is 2.24 bits per heavy atom. The van der Waals surface area contributed by atoms with Crippen molar-refractivity contribution >= 4 is 0 Å². The summed E-state index contributed by atoms with van der Waals surface area (Å²) in [5.41, 5.74) is 8.29. The number of benzene rings is 2. The monoisotopic (exact) mass is 279 g/mol. The summed E-state index contributed by atoms with van der Waals surface area (Å²) in [6.07, 6.45) is 0. The van der Waals surface area contributed by atoms with Gasteiger partial charge >= 0.3 is 0 Å². The summed E-state index contributed by atoms with van der Waals surface area (Å²) >= 11 is 0. The summed E-state index contributed by atoms with van der Waals surface area (Å²) in [6.45, 7) is 2.00. The van der Waals surface area contributed by atoms with Gasteiger partial charge in [-0.2, -0.15) is 4.98 Å². The van der Waals surface area contributed by atoms with Gasteiger partial charge in [-0.15, -0.1) is 0 Å². The van der Waals surface area contributed by atoms with Crippen LogP contribution in [-0.2, 0) is 0 Å². The number of aromatic nitrogens is 2. The Morgan fingerprint density at radius 1 is 0.952 bits per heavy atom. The molecule has 0 saturated heterocycles. The zero-order valence-electron chi connectivity index (χ0n) is 11.8. The second kappa shape index (κ2) is 5.89. The molecule has 106 valence electrons. The Hall–Kier alpha value is -2.46. The van der Waals surface area contributed by atoms with Crippen LogP contribution in [0.3, 0.4) is 0 Å². The zero-order chi connectivity index (χ0) is 14.7. The summed E-state index contributed by atoms with van der Waals surface area (Å²) in [5, 5.41) is 4.04. The molecule has 4 nitrogen and oxygen atoms in total. The Kier molecular flexibility index (Phi) is 3.79. The molecule has 2 aromatic carbocycles. The molecule has 0 aliphatic carbocycles. The van der Waals surface area contributed by atoms with Crippen molar-refractivity contribution in [3.63, 3.8) is 0 Å². The van der Waals surface area contributed by atoms with Crippen molar-refractivity contribution in [2.75, 3.05) is 0 Å². The van der Waals surface area contributed by atoms with E-state index in [-0.39, 0.29) is 12.0 Å². The molecule has 4 heteroatoms. The maximum Gasteiger partial charge on any atom is 0.231 e. The fourth-order valence-electron chi connectivity index (χ4n) is 2.24. The van der Waals surface area contributed by atoms with E-state index in [2.05, 4.69) is 10.1 Å². The van der Waals surface area contributed by atoms with E-state index in [0.29, 0.717) is 11.7 Å². The van der Waals surface area contributed by atoms with Crippen molar-refractivity contribution < 1.29 is 4.52 Å². The molecular weight excluding hydrogens is 262 g/mol. The third-order valence-electron chi connectivity index (χ3n) is 3.59. The molecule has 3 rings (SSSR count). The van der Waals surface area contributed by atoms with E-state index in [1.807, 2.05) is 67.6 Å². The van der Waals surface area contributed by atoms with Crippen LogP contribution in [0.1, 0.15) is 30.3 Å². The normalized spacial score (nSPS) is 13.8. The van der Waals surface area contributed by atoms with Gasteiger partial charge in [0, 0.05) is 11.6 Å². The summed E-state index contributed by atoms with van der Waals surface area (Å²) < 4.78 is 5.38. The van der Waals surface area contributed by atoms with Gasteiger partial charge in [-0.1, -0.05) is 72.7 Å². The molecule has 0 spiro atoms. The van der Waals surface area contributed by atoms with Crippen LogP contribution in [0.4, 0.5) is 0 Å². The largest absolute Gasteiger partial charge is 0.339 e. The van der Waals surface area contributed by atoms with Crippen molar-refractivity contribution in [2.24, 2.45) is 5.73 Å². The predicted molar refractivity (Wildman–Crippen MR) is 81.5 cm³/mol. The van der Waals surface area contributed by atoms with Crippen LogP contribution in [0.2, 0.25) is 0 Å². The molecule has 2 unspecified atom stereocenters. The van der Waals surface area contributed by atoms with Crippen molar-refractivity contribution in [1.82, 2.24) is 10.1 Å². The predicted octanol–water partition coefficient (Wildman–Crippen LogP) is 3.54. The topological polar surface area (TPSA) is 64.9 Å². The number of rotatable bonds is 4. The maximum absolute atomic E-state index is 6.29. The first-order valence-electron chi connectivity index (χ1n) is 6.95. The molecule has 0 bridgehead atoms. The molecule has 2 atom stereocenters. The lowest BCUT2D eigenvalue weighted by atomic mass is 9.95. The average molecular weight is 279 g/mol. The second-order valence-electron chi connectivity index (χ2n) is 5.05. The fourth-order valence-corrected chi connectivity index (χ4v) is 2.24. The van der Waals surface area contributed by atoms with Crippen LogP contribution in [0, 0.1) is 0 Å². The molecule has 0 saturated carbocycles.